The third-order valence-electron chi connectivity index (χ3n) is 17.8. The fraction of sp³-hybridized carbons (Fsp3) is 0.540. The largest absolute Gasteiger partial charge is 0.400 e. The molecule has 11 rings (SSSR count). The molecule has 7 aliphatic rings. The number of benzene rings is 3. The third kappa shape index (κ3) is 13.1. The van der Waals surface area contributed by atoms with Gasteiger partial charge in [0.15, 0.2) is 5.83 Å². The number of piperazine rings is 1. The zero-order chi connectivity index (χ0) is 58.5. The van der Waals surface area contributed by atoms with E-state index in [9.17, 15) is 23.6 Å². The highest BCUT2D eigenvalue weighted by molar-refractivity contribution is 6.29. The fourth-order valence-corrected chi connectivity index (χ4v) is 13.7. The zero-order valence-corrected chi connectivity index (χ0v) is 48.5. The number of hydrogen-bond acceptors (Lipinski definition) is 14. The Hall–Kier alpha value is -6.53. The van der Waals surface area contributed by atoms with Gasteiger partial charge < -0.3 is 44.8 Å². The van der Waals surface area contributed by atoms with Crippen molar-refractivity contribution in [1.29, 1.82) is 0 Å². The van der Waals surface area contributed by atoms with Gasteiger partial charge in [-0.05, 0) is 152 Å². The summed E-state index contributed by atoms with van der Waals surface area (Å²) in [5, 5.41) is 14.6. The number of ether oxygens (including phenoxy) is 1. The van der Waals surface area contributed by atoms with Crippen molar-refractivity contribution < 1.29 is 33.0 Å². The maximum atomic E-state index is 17.1. The van der Waals surface area contributed by atoms with Crippen LogP contribution in [0.4, 0.5) is 8.78 Å². The topological polar surface area (TPSA) is 182 Å². The molecule has 4 aromatic rings. The van der Waals surface area contributed by atoms with Crippen molar-refractivity contribution in [3.8, 4) is 12.3 Å². The minimum Gasteiger partial charge on any atom is -0.400 e. The summed E-state index contributed by atoms with van der Waals surface area (Å²) in [5.74, 6) is 3.11. The minimum atomic E-state index is -0.626. The maximum absolute atomic E-state index is 17.1. The second kappa shape index (κ2) is 28.6. The molecular formula is C63H83F2N11O6. The number of aryl methyl sites for hydroxylation is 1. The van der Waals surface area contributed by atoms with Crippen LogP contribution in [-0.4, -0.2) is 189 Å². The van der Waals surface area contributed by atoms with Gasteiger partial charge in [-0.25, -0.2) is 18.6 Å². The first-order valence-corrected chi connectivity index (χ1v) is 29.1. The lowest BCUT2D eigenvalue weighted by molar-refractivity contribution is -0.119. The van der Waals surface area contributed by atoms with Crippen LogP contribution in [0.3, 0.4) is 0 Å². The van der Waals surface area contributed by atoms with Gasteiger partial charge in [0.2, 0.25) is 6.41 Å². The number of aliphatic hydroxyl groups excluding tert-OH is 1. The van der Waals surface area contributed by atoms with E-state index < -0.39 is 17.7 Å². The monoisotopic (exact) mass is 1130 g/mol. The number of aldehydes is 2. The Balaban J connectivity index is 0.000000207. The molecule has 2 bridgehead atoms. The molecule has 6 fully saturated rings. The number of likely N-dealkylation sites (tertiary alicyclic amines) is 3. The second-order valence-electron chi connectivity index (χ2n) is 22.7. The number of carbonyl (C=O) groups excluding carboxylic acids is 3. The molecule has 8 heterocycles. The molecule has 0 aliphatic carbocycles. The van der Waals surface area contributed by atoms with E-state index in [-0.39, 0.29) is 34.6 Å². The van der Waals surface area contributed by atoms with Crippen molar-refractivity contribution in [3.63, 3.8) is 0 Å². The Morgan fingerprint density at radius 1 is 0.976 bits per heavy atom. The summed E-state index contributed by atoms with van der Waals surface area (Å²) in [4.78, 5) is 69.5. The first-order chi connectivity index (χ1) is 39.9. The van der Waals surface area contributed by atoms with Crippen molar-refractivity contribution in [2.75, 3.05) is 93.8 Å². The predicted molar refractivity (Wildman–Crippen MR) is 322 cm³/mol. The number of hydrogen-bond donors (Lipinski definition) is 3. The molecular weight excluding hydrogens is 1040 g/mol. The summed E-state index contributed by atoms with van der Waals surface area (Å²) in [6.45, 7) is 12.6. The summed E-state index contributed by atoms with van der Waals surface area (Å²) in [6.07, 6.45) is 21.2. The second-order valence-corrected chi connectivity index (χ2v) is 22.7. The van der Waals surface area contributed by atoms with Crippen molar-refractivity contribution in [3.05, 3.63) is 98.7 Å². The maximum Gasteiger partial charge on any atom is 0.329 e. The molecule has 0 radical (unpaired) electrons. The Morgan fingerprint density at radius 3 is 2.37 bits per heavy atom. The average molecular weight is 1130 g/mol. The number of fused-ring (bicyclic) bond motifs is 5. The molecule has 17 nitrogen and oxygen atoms in total. The lowest BCUT2D eigenvalue weighted by atomic mass is 9.88. The van der Waals surface area contributed by atoms with Crippen molar-refractivity contribution in [2.45, 2.75) is 113 Å². The summed E-state index contributed by atoms with van der Waals surface area (Å²) >= 11 is 0. The number of nitrogens with one attached hydrogen (secondary N) is 2. The van der Waals surface area contributed by atoms with Crippen LogP contribution in [0.5, 0.6) is 0 Å². The van der Waals surface area contributed by atoms with Crippen LogP contribution in [0.2, 0.25) is 0 Å². The van der Waals surface area contributed by atoms with E-state index >= 15 is 4.39 Å². The van der Waals surface area contributed by atoms with Crippen molar-refractivity contribution in [1.82, 2.24) is 39.4 Å². The molecule has 3 N–H and O–H groups in total. The van der Waals surface area contributed by atoms with Crippen LogP contribution in [0, 0.1) is 24.1 Å². The normalized spacial score (nSPS) is 24.5. The smallest absolute Gasteiger partial charge is 0.329 e. The number of terminal acetylenes is 1. The number of nitrogens with zero attached hydrogens (tertiary/aromatic N) is 9. The van der Waals surface area contributed by atoms with Gasteiger partial charge in [0.25, 0.3) is 0 Å². The number of aliphatic imine (C=N–C) groups is 3. The van der Waals surface area contributed by atoms with Crippen LogP contribution in [0.1, 0.15) is 106 Å². The Kier molecular flexibility index (Phi) is 21.5. The first kappa shape index (κ1) is 61.5. The van der Waals surface area contributed by atoms with Gasteiger partial charge in [-0.2, -0.15) is 0 Å². The number of allylic oxidation sites excluding steroid dienone is 2. The molecule has 4 unspecified atom stereocenters. The molecule has 0 saturated carbocycles. The number of imidazole rings is 1. The number of carbonyl (C=O) groups is 3. The Labute approximate surface area is 481 Å². The number of rotatable bonds is 16. The highest BCUT2D eigenvalue weighted by atomic mass is 19.1. The van der Waals surface area contributed by atoms with E-state index in [4.69, 9.17) is 21.3 Å². The van der Waals surface area contributed by atoms with Crippen LogP contribution >= 0.6 is 0 Å². The van der Waals surface area contributed by atoms with Gasteiger partial charge in [0, 0.05) is 101 Å². The van der Waals surface area contributed by atoms with Gasteiger partial charge >= 0.3 is 5.69 Å². The van der Waals surface area contributed by atoms with E-state index in [1.165, 1.54) is 16.2 Å². The molecule has 1 amide bonds. The number of methoxy groups -OCH3 is 1. The summed E-state index contributed by atoms with van der Waals surface area (Å²) < 4.78 is 40.6. The summed E-state index contributed by atoms with van der Waals surface area (Å²) in [7, 11) is 8.23. The zero-order valence-electron chi connectivity index (χ0n) is 48.5. The summed E-state index contributed by atoms with van der Waals surface area (Å²) in [6, 6.07) is 15.0. The molecule has 1 aromatic heterocycles. The standard InChI is InChI=1S/C35H38F2N6O.C25H34N4O4.C2H7N.CH4O/c1-4-26-29(36)12-9-22-7-5-8-27(30(22)26)32-31(37)33(40-21-35-14-6-16-43(35)25(13-15-35)20-44-3)28(17-39-32)34(38-2)42-18-23-10-11-24(19-42)41-23;1-26-24-15-21(4-5-23(24)29(25(26)33)22(17-31)3-2-14-30)20-8-12-27(13-9-20)16-19-6-10-28(18-32)11-7-19;1-3-2;1-2/h1,5,7-9,12,17,23-25,41H,2,6,10-11,13-16,18-21H2,3H3;4-5,14-15,17-20,22H,2-3,6-13,16H2,1H3;3H,1-2H3;2H,1H3/b34-28+,40-33?;;;/t23?,24?,25-,35?;;;/m1.../s1. The molecule has 5 atom stereocenters. The number of aliphatic hydroxyl groups is 1. The van der Waals surface area contributed by atoms with E-state index in [0.717, 1.165) is 154 Å². The molecule has 0 spiro atoms. The van der Waals surface area contributed by atoms with E-state index in [1.807, 2.05) is 37.2 Å². The van der Waals surface area contributed by atoms with Crippen LogP contribution in [0.15, 0.2) is 85.5 Å². The molecule has 440 valence electrons. The van der Waals surface area contributed by atoms with Gasteiger partial charge in [0.1, 0.15) is 35.6 Å². The first-order valence-electron chi connectivity index (χ1n) is 29.1. The SMILES string of the molecule is C#Cc1c(F)ccc2cccc(C3=C(F)C(=NCC45CCCN4[C@@H](COC)CC5)/C(=C(\N=C)N4CC5CCC(C4)N5)C=N3)c12.CNC.CO.Cn1c(=O)n(C(C=O)CCC=O)c2ccc(C3CCN(CC4CCN(C=O)CC4)CC3)cc21. The highest BCUT2D eigenvalue weighted by Crippen LogP contribution is 2.44. The van der Waals surface area contributed by atoms with Gasteiger partial charge in [-0.15, -0.1) is 6.42 Å². The van der Waals surface area contributed by atoms with Crippen molar-refractivity contribution >= 4 is 65.1 Å². The Bertz CT molecular complexity index is 3130. The minimum absolute atomic E-state index is 0.0912. The predicted octanol–water partition coefficient (Wildman–Crippen LogP) is 6.67. The number of piperidine rings is 2. The quantitative estimate of drug-likeness (QED) is 0.0620. The van der Waals surface area contributed by atoms with E-state index in [1.54, 1.807) is 37.1 Å². The van der Waals surface area contributed by atoms with E-state index in [0.29, 0.717) is 77.3 Å². The number of amides is 1. The lowest BCUT2D eigenvalue weighted by Crippen LogP contribution is -2.50. The highest BCUT2D eigenvalue weighted by Gasteiger charge is 2.49. The van der Waals surface area contributed by atoms with Crippen molar-refractivity contribution in [2.24, 2.45) is 27.9 Å². The lowest BCUT2D eigenvalue weighted by Gasteiger charge is -2.37. The van der Waals surface area contributed by atoms with Crippen LogP contribution < -0.4 is 16.3 Å². The fourth-order valence-electron chi connectivity index (χ4n) is 13.7. The number of halogens is 2. The van der Waals surface area contributed by atoms with Gasteiger partial charge in [-0.3, -0.25) is 28.8 Å². The van der Waals surface area contributed by atoms with Crippen LogP contribution in [-0.2, 0) is 26.2 Å². The third-order valence-corrected chi connectivity index (χ3v) is 17.8. The van der Waals surface area contributed by atoms with Crippen LogP contribution in [0.25, 0.3) is 27.5 Å². The Morgan fingerprint density at radius 2 is 1.71 bits per heavy atom. The molecule has 6 saturated heterocycles. The molecule has 19 heteroatoms. The summed E-state index contributed by atoms with van der Waals surface area (Å²) in [5.41, 5.74) is 3.82. The molecule has 3 aromatic carbocycles. The van der Waals surface area contributed by atoms with Gasteiger partial charge in [-0.1, -0.05) is 36.3 Å². The van der Waals surface area contributed by atoms with Gasteiger partial charge in [0.05, 0.1) is 41.4 Å². The van der Waals surface area contributed by atoms with E-state index in [2.05, 4.69) is 60.1 Å². The molecule has 7 aliphatic heterocycles. The molecule has 82 heavy (non-hydrogen) atoms. The average Bonchev–Trinajstić information content (AvgIpc) is 4.40. The number of aromatic nitrogens is 2.